The first-order chi connectivity index (χ1) is 15.6. The van der Waals surface area contributed by atoms with Gasteiger partial charge in [0, 0.05) is 6.54 Å². The Bertz CT molecular complexity index is 1010. The summed E-state index contributed by atoms with van der Waals surface area (Å²) in [5.41, 5.74) is 4.18. The average Bonchev–Trinajstić information content (AvgIpc) is 3.26. The normalized spacial score (nSPS) is 12.4. The van der Waals surface area contributed by atoms with Crippen LogP contribution < -0.4 is 5.32 Å². The van der Waals surface area contributed by atoms with Crippen LogP contribution in [-0.2, 0) is 11.3 Å². The fraction of sp³-hybridized carbons (Fsp3) is 0.308. The molecule has 0 radical (unpaired) electrons. The molecule has 1 N–H and O–H groups in total. The number of halogens is 1. The monoisotopic (exact) mass is 435 g/mol. The van der Waals surface area contributed by atoms with Crippen LogP contribution in [0.4, 0.5) is 9.18 Å². The molecular weight excluding hydrogens is 405 g/mol. The number of aromatic nitrogens is 2. The molecule has 5 nitrogen and oxygen atoms in total. The molecular formula is C26H30FN3O2. The quantitative estimate of drug-likeness (QED) is 0.417. The van der Waals surface area contributed by atoms with E-state index in [2.05, 4.69) is 34.8 Å². The van der Waals surface area contributed by atoms with E-state index in [9.17, 15) is 9.18 Å². The number of rotatable bonds is 10. The third-order valence-corrected chi connectivity index (χ3v) is 5.32. The van der Waals surface area contributed by atoms with Gasteiger partial charge in [-0.3, -0.25) is 0 Å². The predicted octanol–water partition coefficient (Wildman–Crippen LogP) is 6.13. The summed E-state index contributed by atoms with van der Waals surface area (Å²) in [7, 11) is 0. The number of amides is 1. The van der Waals surface area contributed by atoms with Crippen molar-refractivity contribution in [3.63, 3.8) is 0 Å². The van der Waals surface area contributed by atoms with Gasteiger partial charge in [0.15, 0.2) is 0 Å². The maximum absolute atomic E-state index is 13.3. The molecule has 0 aliphatic carbocycles. The second-order valence-corrected chi connectivity index (χ2v) is 7.74. The van der Waals surface area contributed by atoms with E-state index in [0.29, 0.717) is 6.54 Å². The fourth-order valence-corrected chi connectivity index (χ4v) is 3.55. The Labute approximate surface area is 188 Å². The van der Waals surface area contributed by atoms with Gasteiger partial charge in [0.25, 0.3) is 0 Å². The summed E-state index contributed by atoms with van der Waals surface area (Å²) in [4.78, 5) is 16.3. The van der Waals surface area contributed by atoms with Crippen LogP contribution in [0.15, 0.2) is 72.7 Å². The minimum absolute atomic E-state index is 0.0262. The van der Waals surface area contributed by atoms with Crippen molar-refractivity contribution in [1.29, 1.82) is 0 Å². The molecule has 3 rings (SSSR count). The molecule has 0 bridgehead atoms. The Kier molecular flexibility index (Phi) is 8.61. The molecule has 2 aromatic carbocycles. The highest BCUT2D eigenvalue weighted by atomic mass is 19.1. The van der Waals surface area contributed by atoms with Gasteiger partial charge in [0.1, 0.15) is 12.4 Å². The van der Waals surface area contributed by atoms with Crippen molar-refractivity contribution < 1.29 is 13.9 Å². The molecule has 6 heteroatoms. The first kappa shape index (κ1) is 23.3. The molecule has 1 atom stereocenters. The van der Waals surface area contributed by atoms with Crippen LogP contribution in [0.2, 0.25) is 0 Å². The van der Waals surface area contributed by atoms with Gasteiger partial charge < -0.3 is 14.6 Å². The second kappa shape index (κ2) is 11.8. The van der Waals surface area contributed by atoms with Gasteiger partial charge >= 0.3 is 6.09 Å². The molecule has 0 aliphatic heterocycles. The zero-order chi connectivity index (χ0) is 22.8. The smallest absolute Gasteiger partial charge is 0.407 e. The maximum atomic E-state index is 13.3. The van der Waals surface area contributed by atoms with E-state index in [1.807, 2.05) is 36.5 Å². The van der Waals surface area contributed by atoms with Crippen molar-refractivity contribution in [3.05, 3.63) is 95.3 Å². The predicted molar refractivity (Wildman–Crippen MR) is 125 cm³/mol. The molecule has 1 aromatic heterocycles. The van der Waals surface area contributed by atoms with Crippen LogP contribution in [0.3, 0.4) is 0 Å². The van der Waals surface area contributed by atoms with Crippen molar-refractivity contribution in [2.24, 2.45) is 0 Å². The molecule has 1 heterocycles. The average molecular weight is 436 g/mol. The van der Waals surface area contributed by atoms with Crippen LogP contribution in [0.25, 0.3) is 6.08 Å². The molecule has 0 fully saturated rings. The SMILES string of the molecule is CCC/C(=C/c1cncn1[C@H](C)c1ccc(F)cc1)CCNC(=O)OCc1ccccc1. The first-order valence-corrected chi connectivity index (χ1v) is 11.0. The van der Waals surface area contributed by atoms with E-state index < -0.39 is 6.09 Å². The Morgan fingerprint density at radius 3 is 2.62 bits per heavy atom. The van der Waals surface area contributed by atoms with E-state index >= 15 is 0 Å². The standard InChI is InChI=1S/C26H30FN3O2/c1-3-7-21(14-15-29-26(31)32-18-22-8-5-4-6-9-22)16-25-17-28-19-30(25)20(2)23-10-12-24(27)13-11-23/h4-6,8-13,16-17,19-20H,3,7,14-15,18H2,1-2H3,(H,29,31)/b21-16-/t20-/m1/s1. The summed E-state index contributed by atoms with van der Waals surface area (Å²) < 4.78 is 20.6. The summed E-state index contributed by atoms with van der Waals surface area (Å²) >= 11 is 0. The van der Waals surface area contributed by atoms with E-state index in [1.165, 1.54) is 17.7 Å². The van der Waals surface area contributed by atoms with E-state index in [-0.39, 0.29) is 18.5 Å². The Morgan fingerprint density at radius 1 is 1.16 bits per heavy atom. The number of nitrogens with one attached hydrogen (secondary N) is 1. The highest BCUT2D eigenvalue weighted by Gasteiger charge is 2.12. The summed E-state index contributed by atoms with van der Waals surface area (Å²) in [6.07, 6.45) is 8.00. The Hall–Kier alpha value is -3.41. The summed E-state index contributed by atoms with van der Waals surface area (Å²) in [6.45, 7) is 4.95. The molecule has 1 amide bonds. The molecule has 0 spiro atoms. The van der Waals surface area contributed by atoms with Crippen molar-refractivity contribution >= 4 is 12.2 Å². The van der Waals surface area contributed by atoms with E-state index in [4.69, 9.17) is 4.74 Å². The summed E-state index contributed by atoms with van der Waals surface area (Å²) in [6, 6.07) is 16.2. The first-order valence-electron chi connectivity index (χ1n) is 11.0. The molecule has 0 aliphatic rings. The van der Waals surface area contributed by atoms with Gasteiger partial charge in [-0.05, 0) is 49.1 Å². The number of ether oxygens (including phenoxy) is 1. The van der Waals surface area contributed by atoms with Gasteiger partial charge in [-0.25, -0.2) is 14.2 Å². The van der Waals surface area contributed by atoms with Crippen LogP contribution >= 0.6 is 0 Å². The molecule has 0 saturated carbocycles. The lowest BCUT2D eigenvalue weighted by Gasteiger charge is -2.17. The lowest BCUT2D eigenvalue weighted by Crippen LogP contribution is -2.25. The van der Waals surface area contributed by atoms with Crippen LogP contribution in [0.5, 0.6) is 0 Å². The highest BCUT2D eigenvalue weighted by molar-refractivity contribution is 5.67. The summed E-state index contributed by atoms with van der Waals surface area (Å²) in [5, 5.41) is 2.83. The minimum atomic E-state index is -0.417. The number of carbonyl (C=O) groups is 1. The molecule has 168 valence electrons. The fourth-order valence-electron chi connectivity index (χ4n) is 3.55. The zero-order valence-electron chi connectivity index (χ0n) is 18.6. The third kappa shape index (κ3) is 6.80. The Morgan fingerprint density at radius 2 is 1.91 bits per heavy atom. The third-order valence-electron chi connectivity index (χ3n) is 5.32. The number of alkyl carbamates (subject to hydrolysis) is 1. The zero-order valence-corrected chi connectivity index (χ0v) is 18.6. The van der Waals surface area contributed by atoms with Crippen molar-refractivity contribution in [2.75, 3.05) is 6.54 Å². The van der Waals surface area contributed by atoms with Crippen molar-refractivity contribution in [2.45, 2.75) is 45.8 Å². The van der Waals surface area contributed by atoms with E-state index in [0.717, 1.165) is 36.1 Å². The number of imidazole rings is 1. The lowest BCUT2D eigenvalue weighted by molar-refractivity contribution is 0.140. The van der Waals surface area contributed by atoms with E-state index in [1.54, 1.807) is 18.5 Å². The van der Waals surface area contributed by atoms with Crippen molar-refractivity contribution in [1.82, 2.24) is 14.9 Å². The second-order valence-electron chi connectivity index (χ2n) is 7.74. The van der Waals surface area contributed by atoms with Crippen molar-refractivity contribution in [3.8, 4) is 0 Å². The highest BCUT2D eigenvalue weighted by Crippen LogP contribution is 2.23. The molecule has 3 aromatic rings. The molecule has 0 saturated heterocycles. The lowest BCUT2D eigenvalue weighted by atomic mass is 10.0. The number of carbonyl (C=O) groups excluding carboxylic acids is 1. The number of benzene rings is 2. The topological polar surface area (TPSA) is 56.2 Å². The minimum Gasteiger partial charge on any atom is -0.445 e. The van der Waals surface area contributed by atoms with Gasteiger partial charge in [-0.2, -0.15) is 0 Å². The van der Waals surface area contributed by atoms with Gasteiger partial charge in [-0.15, -0.1) is 0 Å². The largest absolute Gasteiger partial charge is 0.445 e. The molecule has 32 heavy (non-hydrogen) atoms. The van der Waals surface area contributed by atoms with Gasteiger partial charge in [0.05, 0.1) is 24.3 Å². The number of nitrogens with zero attached hydrogens (tertiary/aromatic N) is 2. The van der Waals surface area contributed by atoms with Gasteiger partial charge in [0.2, 0.25) is 0 Å². The van der Waals surface area contributed by atoms with Crippen LogP contribution in [0, 0.1) is 5.82 Å². The maximum Gasteiger partial charge on any atom is 0.407 e. The number of hydrogen-bond donors (Lipinski definition) is 1. The van der Waals surface area contributed by atoms with Gasteiger partial charge in [-0.1, -0.05) is 61.4 Å². The molecule has 0 unspecified atom stereocenters. The number of hydrogen-bond acceptors (Lipinski definition) is 3. The van der Waals surface area contributed by atoms with Crippen LogP contribution in [-0.4, -0.2) is 22.2 Å². The summed E-state index contributed by atoms with van der Waals surface area (Å²) in [5.74, 6) is -0.244. The Balaban J connectivity index is 1.58. The van der Waals surface area contributed by atoms with Crippen LogP contribution in [0.1, 0.15) is 56.0 Å².